The molecule has 9 atom stereocenters. The van der Waals surface area contributed by atoms with Gasteiger partial charge in [-0.2, -0.15) is 0 Å². The Morgan fingerprint density at radius 1 is 0.963 bits per heavy atom. The SMILES string of the molecule is CC(=O)O[C@@H]1C[C@@H]2[C@H](CC[C@]3(C)[C@@H](C(C)=O)CC[C@@]23F)[C@@]2(C)CC[C@H]3C[C@]312. The highest BCUT2D eigenvalue weighted by molar-refractivity contribution is 5.80. The van der Waals surface area contributed by atoms with Crippen molar-refractivity contribution in [3.63, 3.8) is 0 Å². The number of rotatable bonds is 2. The summed E-state index contributed by atoms with van der Waals surface area (Å²) < 4.78 is 22.8. The third-order valence-corrected chi connectivity index (χ3v) is 10.5. The number of halogens is 1. The van der Waals surface area contributed by atoms with Crippen molar-refractivity contribution in [2.75, 3.05) is 0 Å². The zero-order chi connectivity index (χ0) is 19.4. The van der Waals surface area contributed by atoms with Crippen LogP contribution in [0.1, 0.15) is 79.1 Å². The van der Waals surface area contributed by atoms with Gasteiger partial charge in [-0.05, 0) is 75.5 Å². The molecule has 0 amide bonds. The standard InChI is InChI=1S/C23H33FO3/c1-13(25)16-7-10-23(24)18-11-19(27-14(2)26)22-12-15(22)5-8-20(22,3)17(18)6-9-21(16,23)4/h15-19H,5-12H2,1-4H3/t15-,16+,17-,18+,19+,20+,21+,22-,23+/m0/s1. The Morgan fingerprint density at radius 3 is 2.30 bits per heavy atom. The molecule has 4 heteroatoms. The van der Waals surface area contributed by atoms with Crippen LogP contribution >= 0.6 is 0 Å². The Morgan fingerprint density at radius 2 is 1.67 bits per heavy atom. The quantitative estimate of drug-likeness (QED) is 0.646. The maximum atomic E-state index is 16.9. The Bertz CT molecular complexity index is 720. The summed E-state index contributed by atoms with van der Waals surface area (Å²) in [6.07, 6.45) is 7.02. The van der Waals surface area contributed by atoms with Gasteiger partial charge >= 0.3 is 5.97 Å². The van der Waals surface area contributed by atoms with Gasteiger partial charge in [0.25, 0.3) is 0 Å². The maximum absolute atomic E-state index is 16.9. The summed E-state index contributed by atoms with van der Waals surface area (Å²) in [6, 6.07) is 0. The number of ketones is 1. The van der Waals surface area contributed by atoms with Crippen molar-refractivity contribution in [2.24, 2.45) is 39.9 Å². The van der Waals surface area contributed by atoms with Crippen LogP contribution in [0.2, 0.25) is 0 Å². The number of esters is 1. The zero-order valence-electron chi connectivity index (χ0n) is 17.1. The van der Waals surface area contributed by atoms with E-state index in [9.17, 15) is 9.59 Å². The first-order chi connectivity index (χ1) is 12.6. The van der Waals surface area contributed by atoms with E-state index in [1.807, 2.05) is 6.92 Å². The molecule has 0 aliphatic heterocycles. The van der Waals surface area contributed by atoms with E-state index in [1.54, 1.807) is 6.92 Å². The second kappa shape index (κ2) is 5.16. The van der Waals surface area contributed by atoms with Crippen LogP contribution in [0.25, 0.3) is 0 Å². The molecule has 5 aliphatic rings. The molecule has 0 aromatic rings. The minimum absolute atomic E-state index is 0.0788. The number of ether oxygens (including phenoxy) is 1. The number of hydrogen-bond donors (Lipinski definition) is 0. The molecule has 5 rings (SSSR count). The van der Waals surface area contributed by atoms with E-state index in [-0.39, 0.29) is 40.5 Å². The molecule has 0 aromatic carbocycles. The highest BCUT2D eigenvalue weighted by Gasteiger charge is 2.80. The molecule has 0 N–H and O–H groups in total. The van der Waals surface area contributed by atoms with Crippen molar-refractivity contribution in [2.45, 2.75) is 90.8 Å². The topological polar surface area (TPSA) is 43.4 Å². The fourth-order valence-corrected chi connectivity index (χ4v) is 9.18. The molecule has 5 aliphatic carbocycles. The molecular formula is C23H33FO3. The molecule has 0 heterocycles. The molecule has 0 bridgehead atoms. The molecule has 0 saturated heterocycles. The van der Waals surface area contributed by atoms with Crippen LogP contribution in [0, 0.1) is 39.9 Å². The summed E-state index contributed by atoms with van der Waals surface area (Å²) in [7, 11) is 0. The van der Waals surface area contributed by atoms with Crippen molar-refractivity contribution in [1.82, 2.24) is 0 Å². The van der Waals surface area contributed by atoms with Crippen molar-refractivity contribution in [3.05, 3.63) is 0 Å². The predicted molar refractivity (Wildman–Crippen MR) is 99.6 cm³/mol. The first-order valence-corrected chi connectivity index (χ1v) is 11.0. The van der Waals surface area contributed by atoms with E-state index in [0.717, 1.165) is 25.7 Å². The van der Waals surface area contributed by atoms with Crippen molar-refractivity contribution in [3.8, 4) is 0 Å². The third kappa shape index (κ3) is 1.89. The van der Waals surface area contributed by atoms with Crippen LogP contribution < -0.4 is 0 Å². The molecule has 0 unspecified atom stereocenters. The van der Waals surface area contributed by atoms with Gasteiger partial charge < -0.3 is 4.74 Å². The Hall–Kier alpha value is -0.930. The van der Waals surface area contributed by atoms with Gasteiger partial charge in [-0.3, -0.25) is 9.59 Å². The Kier molecular flexibility index (Phi) is 3.46. The van der Waals surface area contributed by atoms with Crippen molar-refractivity contribution >= 4 is 11.8 Å². The van der Waals surface area contributed by atoms with E-state index in [4.69, 9.17) is 4.74 Å². The lowest BCUT2D eigenvalue weighted by molar-refractivity contribution is -0.206. The van der Waals surface area contributed by atoms with Crippen molar-refractivity contribution in [1.29, 1.82) is 0 Å². The second-order valence-corrected chi connectivity index (χ2v) is 11.0. The van der Waals surface area contributed by atoms with Crippen molar-refractivity contribution < 1.29 is 18.7 Å². The van der Waals surface area contributed by atoms with Gasteiger partial charge in [0.2, 0.25) is 0 Å². The van der Waals surface area contributed by atoms with Gasteiger partial charge in [-0.25, -0.2) is 4.39 Å². The Balaban J connectivity index is 1.57. The van der Waals surface area contributed by atoms with Crippen LogP contribution in [0.3, 0.4) is 0 Å². The van der Waals surface area contributed by atoms with Gasteiger partial charge in [0.15, 0.2) is 0 Å². The number of fused-ring (bicyclic) bond motifs is 4. The highest BCUT2D eigenvalue weighted by atomic mass is 19.1. The fraction of sp³-hybridized carbons (Fsp3) is 0.913. The minimum atomic E-state index is -1.30. The van der Waals surface area contributed by atoms with E-state index in [2.05, 4.69) is 6.92 Å². The molecule has 5 saturated carbocycles. The summed E-state index contributed by atoms with van der Waals surface area (Å²) in [6.45, 7) is 7.53. The number of Topliss-reactive ketones (excluding diaryl/α,β-unsaturated/α-hetero) is 1. The van der Waals surface area contributed by atoms with Gasteiger partial charge in [0, 0.05) is 29.6 Å². The van der Waals surface area contributed by atoms with Gasteiger partial charge in [0.05, 0.1) is 0 Å². The number of alkyl halides is 1. The third-order valence-electron chi connectivity index (χ3n) is 10.5. The largest absolute Gasteiger partial charge is 0.462 e. The van der Waals surface area contributed by atoms with E-state index >= 15 is 4.39 Å². The highest BCUT2D eigenvalue weighted by Crippen LogP contribution is 2.82. The van der Waals surface area contributed by atoms with E-state index in [0.29, 0.717) is 31.1 Å². The van der Waals surface area contributed by atoms with Crippen LogP contribution in [-0.4, -0.2) is 23.5 Å². The molecule has 27 heavy (non-hydrogen) atoms. The van der Waals surface area contributed by atoms with E-state index < -0.39 is 11.1 Å². The number of carbonyl (C=O) groups is 2. The molecule has 1 spiro atoms. The summed E-state index contributed by atoms with van der Waals surface area (Å²) in [5.41, 5.74) is -1.68. The van der Waals surface area contributed by atoms with E-state index in [1.165, 1.54) is 13.3 Å². The lowest BCUT2D eigenvalue weighted by atomic mass is 9.44. The van der Waals surface area contributed by atoms with Crippen LogP contribution in [0.15, 0.2) is 0 Å². The molecule has 3 nitrogen and oxygen atoms in total. The maximum Gasteiger partial charge on any atom is 0.302 e. The number of carbonyl (C=O) groups excluding carboxylic acids is 2. The summed E-state index contributed by atoms with van der Waals surface area (Å²) >= 11 is 0. The first-order valence-electron chi connectivity index (χ1n) is 11.0. The van der Waals surface area contributed by atoms with Crippen LogP contribution in [-0.2, 0) is 14.3 Å². The average Bonchev–Trinajstić information content (AvgIpc) is 3.14. The fourth-order valence-electron chi connectivity index (χ4n) is 9.18. The number of hydrogen-bond acceptors (Lipinski definition) is 3. The molecule has 5 fully saturated rings. The van der Waals surface area contributed by atoms with Crippen LogP contribution in [0.4, 0.5) is 4.39 Å². The normalized spacial score (nSPS) is 57.9. The second-order valence-electron chi connectivity index (χ2n) is 11.0. The smallest absolute Gasteiger partial charge is 0.302 e. The van der Waals surface area contributed by atoms with Gasteiger partial charge in [-0.1, -0.05) is 13.8 Å². The summed E-state index contributed by atoms with van der Waals surface area (Å²) in [4.78, 5) is 24.2. The van der Waals surface area contributed by atoms with Crippen LogP contribution in [0.5, 0.6) is 0 Å². The molecule has 0 aromatic heterocycles. The molecule has 150 valence electrons. The minimum Gasteiger partial charge on any atom is -0.462 e. The lowest BCUT2D eigenvalue weighted by Gasteiger charge is -2.62. The lowest BCUT2D eigenvalue weighted by Crippen LogP contribution is -2.63. The zero-order valence-corrected chi connectivity index (χ0v) is 17.1. The predicted octanol–water partition coefficient (Wildman–Crippen LogP) is 4.87. The monoisotopic (exact) mass is 376 g/mol. The summed E-state index contributed by atoms with van der Waals surface area (Å²) in [5.74, 6) is 0.697. The van der Waals surface area contributed by atoms with Gasteiger partial charge in [-0.15, -0.1) is 0 Å². The first kappa shape index (κ1) is 18.1. The molecular weight excluding hydrogens is 343 g/mol. The van der Waals surface area contributed by atoms with Gasteiger partial charge in [0.1, 0.15) is 17.6 Å². The summed E-state index contributed by atoms with van der Waals surface area (Å²) in [5, 5.41) is 0. The Labute approximate surface area is 161 Å². The molecule has 0 radical (unpaired) electrons. The average molecular weight is 377 g/mol.